The number of methoxy groups -OCH3 is 1. The number of aromatic hydroxyl groups is 1. The molecule has 7 N–H and O–H groups in total. The number of nitrogens with two attached hydrogens (primary N) is 1. The number of rotatable bonds is 6. The smallest absolute Gasteiger partial charge is 0.255 e. The first kappa shape index (κ1) is 31.7. The number of aliphatic hydroxyl groups excluding tert-OH is 3. The van der Waals surface area contributed by atoms with Crippen LogP contribution in [0.4, 0.5) is 0 Å². The van der Waals surface area contributed by atoms with Gasteiger partial charge in [-0.3, -0.25) is 24.2 Å². The number of primary amides is 1. The molecule has 1 aliphatic heterocycles. The van der Waals surface area contributed by atoms with E-state index in [0.29, 0.717) is 29.0 Å². The molecule has 6 unspecified atom stereocenters. The van der Waals surface area contributed by atoms with Gasteiger partial charge < -0.3 is 36.0 Å². The van der Waals surface area contributed by atoms with Crippen LogP contribution < -0.4 is 10.5 Å². The predicted molar refractivity (Wildman–Crippen MR) is 167 cm³/mol. The van der Waals surface area contributed by atoms with Crippen LogP contribution in [-0.2, 0) is 20.9 Å². The van der Waals surface area contributed by atoms with Crippen molar-refractivity contribution in [3.05, 3.63) is 63.9 Å². The molecule has 1 heterocycles. The van der Waals surface area contributed by atoms with Crippen molar-refractivity contribution in [2.75, 3.05) is 34.3 Å². The number of likely N-dealkylation sites (tertiary alicyclic amines) is 1. The lowest BCUT2D eigenvalue weighted by Gasteiger charge is -2.53. The summed E-state index contributed by atoms with van der Waals surface area (Å²) >= 11 is 0. The number of amides is 1. The molecule has 0 bridgehead atoms. The quantitative estimate of drug-likeness (QED) is 0.254. The van der Waals surface area contributed by atoms with E-state index in [2.05, 4.69) is 4.90 Å². The van der Waals surface area contributed by atoms with Gasteiger partial charge in [0, 0.05) is 29.2 Å². The predicted octanol–water partition coefficient (Wildman–Crippen LogP) is 1.77. The zero-order valence-electron chi connectivity index (χ0n) is 26.1. The topological polar surface area (TPSA) is 194 Å². The van der Waals surface area contributed by atoms with Gasteiger partial charge in [0.15, 0.2) is 11.4 Å². The number of aliphatic hydroxyl groups is 4. The monoisotopic (exact) mass is 633 g/mol. The molecule has 2 aromatic carbocycles. The van der Waals surface area contributed by atoms with Gasteiger partial charge in [-0.2, -0.15) is 0 Å². The van der Waals surface area contributed by atoms with Gasteiger partial charge in [0.25, 0.3) is 5.91 Å². The van der Waals surface area contributed by atoms with Crippen molar-refractivity contribution < 1.29 is 44.7 Å². The molecule has 46 heavy (non-hydrogen) atoms. The zero-order chi connectivity index (χ0) is 33.4. The molecule has 0 aromatic heterocycles. The Morgan fingerprint density at radius 1 is 1.09 bits per heavy atom. The Morgan fingerprint density at radius 2 is 1.76 bits per heavy atom. The van der Waals surface area contributed by atoms with E-state index in [1.54, 1.807) is 19.1 Å². The van der Waals surface area contributed by atoms with Crippen LogP contribution in [0, 0.1) is 11.8 Å². The highest BCUT2D eigenvalue weighted by Gasteiger charge is 2.68. The molecule has 6 atom stereocenters. The molecule has 0 radical (unpaired) electrons. The number of phenols is 1. The Balaban J connectivity index is 1.53. The molecule has 2 fully saturated rings. The minimum atomic E-state index is -2.97. The highest BCUT2D eigenvalue weighted by molar-refractivity contribution is 6.24. The van der Waals surface area contributed by atoms with Gasteiger partial charge in [0.1, 0.15) is 28.6 Å². The number of Topliss-reactive ketones (excluding diaryl/α,β-unsaturated/α-hetero) is 2. The summed E-state index contributed by atoms with van der Waals surface area (Å²) in [5.41, 5.74) is 3.29. The van der Waals surface area contributed by atoms with Gasteiger partial charge >= 0.3 is 0 Å². The normalized spacial score (nSPS) is 29.6. The van der Waals surface area contributed by atoms with Crippen molar-refractivity contribution in [3.63, 3.8) is 0 Å². The fourth-order valence-corrected chi connectivity index (χ4v) is 8.10. The maximum Gasteiger partial charge on any atom is 0.255 e. The Morgan fingerprint density at radius 3 is 2.37 bits per heavy atom. The first-order chi connectivity index (χ1) is 21.7. The highest BCUT2D eigenvalue weighted by Crippen LogP contribution is 2.57. The van der Waals surface area contributed by atoms with E-state index in [1.165, 1.54) is 26.1 Å². The van der Waals surface area contributed by atoms with E-state index in [-0.39, 0.29) is 11.3 Å². The summed E-state index contributed by atoms with van der Waals surface area (Å²) in [5, 5.41) is 58.4. The van der Waals surface area contributed by atoms with Crippen molar-refractivity contribution >= 4 is 23.2 Å². The number of hydrogen-bond donors (Lipinski definition) is 6. The van der Waals surface area contributed by atoms with E-state index < -0.39 is 75.6 Å². The average molecular weight is 634 g/mol. The number of benzene rings is 2. The van der Waals surface area contributed by atoms with E-state index in [1.807, 2.05) is 18.2 Å². The number of carbonyl (C=O) groups is 3. The number of ketones is 2. The summed E-state index contributed by atoms with van der Waals surface area (Å²) in [4.78, 5) is 43.6. The standard InChI is InChI=1S/C34H39N3O9/c1-15-17-8-9-18(19-13-16(7-10-20(19)46-4)14-37-11-5-6-12-37)27(38)22(17)28(39)23-21(15)29(40)25-26(36(2)3)30(41)24(33(35)44)32(43)34(25,45)31(23)42/h7-10,13,15,21,25-26,29,38-40,43,45H,5-6,11-12,14H2,1-4H3,(H2,35,44). The van der Waals surface area contributed by atoms with Crippen LogP contribution in [0.1, 0.15) is 42.4 Å². The molecular weight excluding hydrogens is 594 g/mol. The number of nitrogens with zero attached hydrogens (tertiary/aromatic N) is 2. The van der Waals surface area contributed by atoms with E-state index >= 15 is 0 Å². The van der Waals surface area contributed by atoms with Crippen LogP contribution in [0.2, 0.25) is 0 Å². The molecule has 12 nitrogen and oxygen atoms in total. The molecule has 12 heteroatoms. The number of hydrogen-bond acceptors (Lipinski definition) is 11. The minimum Gasteiger partial charge on any atom is -0.508 e. The van der Waals surface area contributed by atoms with Gasteiger partial charge in [-0.1, -0.05) is 25.1 Å². The van der Waals surface area contributed by atoms with Crippen LogP contribution in [0.15, 0.2) is 47.2 Å². The third kappa shape index (κ3) is 4.38. The molecular formula is C34H39N3O9. The summed E-state index contributed by atoms with van der Waals surface area (Å²) in [7, 11) is 4.45. The molecule has 1 saturated heterocycles. The van der Waals surface area contributed by atoms with E-state index in [4.69, 9.17) is 10.5 Å². The average Bonchev–Trinajstić information content (AvgIpc) is 3.51. The maximum absolute atomic E-state index is 14.3. The largest absolute Gasteiger partial charge is 0.508 e. The first-order valence-electron chi connectivity index (χ1n) is 15.3. The second-order valence-electron chi connectivity index (χ2n) is 13.0. The van der Waals surface area contributed by atoms with Gasteiger partial charge in [-0.05, 0) is 69.2 Å². The Kier molecular flexibility index (Phi) is 7.75. The number of likely N-dealkylation sites (N-methyl/N-ethyl adjacent to an activating group) is 1. The van der Waals surface area contributed by atoms with Gasteiger partial charge in [-0.25, -0.2) is 0 Å². The zero-order valence-corrected chi connectivity index (χ0v) is 26.1. The first-order valence-corrected chi connectivity index (χ1v) is 15.3. The summed E-state index contributed by atoms with van der Waals surface area (Å²) in [6.07, 6.45) is 0.614. The molecule has 1 saturated carbocycles. The molecule has 0 spiro atoms. The van der Waals surface area contributed by atoms with Crippen molar-refractivity contribution in [1.29, 1.82) is 0 Å². The van der Waals surface area contributed by atoms with Crippen LogP contribution in [0.5, 0.6) is 11.5 Å². The number of ether oxygens (including phenoxy) is 1. The molecule has 244 valence electrons. The Labute approximate surface area is 266 Å². The lowest BCUT2D eigenvalue weighted by Crippen LogP contribution is -2.70. The summed E-state index contributed by atoms with van der Waals surface area (Å²) in [6, 6.07) is 7.66. The van der Waals surface area contributed by atoms with Crippen LogP contribution >= 0.6 is 0 Å². The van der Waals surface area contributed by atoms with Gasteiger partial charge in [0.05, 0.1) is 30.7 Å². The fourth-order valence-electron chi connectivity index (χ4n) is 8.10. The van der Waals surface area contributed by atoms with Gasteiger partial charge in [-0.15, -0.1) is 0 Å². The van der Waals surface area contributed by atoms with E-state index in [0.717, 1.165) is 31.5 Å². The summed E-state index contributed by atoms with van der Waals surface area (Å²) < 4.78 is 5.62. The van der Waals surface area contributed by atoms with Crippen molar-refractivity contribution in [2.24, 2.45) is 17.6 Å². The number of carbonyl (C=O) groups excluding carboxylic acids is 3. The SMILES string of the molecule is COc1ccc(CN2CCCC2)cc1-c1ccc2c(c1O)C(O)=C1C(=O)C3(O)C(O)=C(C(N)=O)C(=O)C(N(C)C)C3C(O)C1C2C. The van der Waals surface area contributed by atoms with E-state index in [9.17, 15) is 39.9 Å². The Bertz CT molecular complexity index is 1720. The van der Waals surface area contributed by atoms with Crippen LogP contribution in [-0.4, -0.2) is 105 Å². The summed E-state index contributed by atoms with van der Waals surface area (Å²) in [5.74, 6) is -8.76. The molecule has 4 aliphatic rings. The van der Waals surface area contributed by atoms with Crippen molar-refractivity contribution in [2.45, 2.75) is 50.0 Å². The van der Waals surface area contributed by atoms with Crippen molar-refractivity contribution in [1.82, 2.24) is 9.80 Å². The van der Waals surface area contributed by atoms with Crippen LogP contribution in [0.25, 0.3) is 16.9 Å². The Hall–Kier alpha value is -4.23. The second-order valence-corrected chi connectivity index (χ2v) is 13.0. The summed E-state index contributed by atoms with van der Waals surface area (Å²) in [6.45, 7) is 4.40. The van der Waals surface area contributed by atoms with Crippen LogP contribution in [0.3, 0.4) is 0 Å². The maximum atomic E-state index is 14.3. The third-order valence-electron chi connectivity index (χ3n) is 10.3. The lowest BCUT2D eigenvalue weighted by atomic mass is 9.54. The molecule has 3 aliphatic carbocycles. The lowest BCUT2D eigenvalue weighted by molar-refractivity contribution is -0.169. The molecule has 1 amide bonds. The van der Waals surface area contributed by atoms with Crippen molar-refractivity contribution in [3.8, 4) is 22.6 Å². The number of phenolic OH excluding ortho intramolecular Hbond substituents is 1. The molecule has 2 aromatic rings. The third-order valence-corrected chi connectivity index (χ3v) is 10.3. The minimum absolute atomic E-state index is 0.0690. The van der Waals surface area contributed by atoms with Gasteiger partial charge in [0.2, 0.25) is 5.78 Å². The fraction of sp³-hybridized carbons (Fsp3) is 0.441. The highest BCUT2D eigenvalue weighted by atomic mass is 16.5. The number of fused-ring (bicyclic) bond motifs is 3. The molecule has 6 rings (SSSR count). The second kappa shape index (κ2) is 11.2.